The topological polar surface area (TPSA) is 90.9 Å². The predicted molar refractivity (Wildman–Crippen MR) is 84.3 cm³/mol. The first kappa shape index (κ1) is 16.3. The van der Waals surface area contributed by atoms with Crippen molar-refractivity contribution in [2.75, 3.05) is 0 Å². The van der Waals surface area contributed by atoms with Gasteiger partial charge in [0, 0.05) is 15.7 Å². The number of nitrogens with two attached hydrogens (primary N) is 1. The summed E-state index contributed by atoms with van der Waals surface area (Å²) in [4.78, 5) is 0. The molecule has 0 fully saturated rings. The highest BCUT2D eigenvalue weighted by atomic mass is 127. The van der Waals surface area contributed by atoms with Gasteiger partial charge in [0.25, 0.3) is 15.2 Å². The first-order valence-corrected chi connectivity index (χ1v) is 8.74. The number of nitrogens with zero attached hydrogens (tertiary/aromatic N) is 3. The third-order valence-corrected chi connectivity index (χ3v) is 4.39. The normalized spacial score (nSPS) is 12.1. The monoisotopic (exact) mass is 424 g/mol. The molecule has 0 bridgehead atoms. The summed E-state index contributed by atoms with van der Waals surface area (Å²) >= 11 is 1.97. The molecule has 0 saturated carbocycles. The second-order valence-corrected chi connectivity index (χ2v) is 7.60. The van der Waals surface area contributed by atoms with E-state index in [1.807, 2.05) is 36.4 Å². The lowest BCUT2D eigenvalue weighted by molar-refractivity contribution is 0.486. The number of rotatable bonds is 4. The van der Waals surface area contributed by atoms with Crippen LogP contribution in [0.2, 0.25) is 0 Å². The van der Waals surface area contributed by atoms with E-state index in [4.69, 9.17) is 5.14 Å². The summed E-state index contributed by atoms with van der Waals surface area (Å²) in [6, 6.07) is 4.19. The van der Waals surface area contributed by atoms with Crippen LogP contribution in [-0.2, 0) is 16.6 Å². The van der Waals surface area contributed by atoms with Crippen LogP contribution in [0, 0.1) is 15.3 Å². The van der Waals surface area contributed by atoms with Gasteiger partial charge in [-0.15, -0.1) is 10.2 Å². The lowest BCUT2D eigenvalue weighted by Crippen LogP contribution is -2.20. The van der Waals surface area contributed by atoms with Gasteiger partial charge in [0.05, 0.1) is 0 Å². The largest absolute Gasteiger partial charge is 0.296 e. The Morgan fingerprint density at radius 2 is 2.05 bits per heavy atom. The van der Waals surface area contributed by atoms with Crippen molar-refractivity contribution in [2.45, 2.75) is 25.5 Å². The van der Waals surface area contributed by atoms with Crippen molar-refractivity contribution in [1.29, 1.82) is 0 Å². The van der Waals surface area contributed by atoms with Gasteiger partial charge >= 0.3 is 0 Å². The molecule has 0 spiro atoms. The molecule has 6 nitrogen and oxygen atoms in total. The number of halogens is 2. The number of aromatic nitrogens is 3. The van der Waals surface area contributed by atoms with Crippen molar-refractivity contribution >= 4 is 32.6 Å². The van der Waals surface area contributed by atoms with Crippen molar-refractivity contribution in [3.8, 4) is 11.4 Å². The Hall–Kier alpha value is -1.07. The van der Waals surface area contributed by atoms with E-state index in [1.54, 1.807) is 6.07 Å². The number of hydrogen-bond donors (Lipinski definition) is 1. The van der Waals surface area contributed by atoms with Gasteiger partial charge < -0.3 is 0 Å². The molecule has 1 aromatic carbocycles. The molecule has 0 radical (unpaired) electrons. The molecule has 1 heterocycles. The summed E-state index contributed by atoms with van der Waals surface area (Å²) in [6.07, 6.45) is 0. The summed E-state index contributed by atoms with van der Waals surface area (Å²) in [5.74, 6) is 0.153. The first-order valence-electron chi connectivity index (χ1n) is 6.11. The maximum atomic E-state index is 13.2. The van der Waals surface area contributed by atoms with Gasteiger partial charge in [-0.2, -0.15) is 0 Å². The summed E-state index contributed by atoms with van der Waals surface area (Å²) in [5.41, 5.74) is 0.611. The molecule has 0 aliphatic carbocycles. The molecular formula is C12H14FIN4O2S. The first-order chi connectivity index (χ1) is 9.70. The lowest BCUT2D eigenvalue weighted by Gasteiger charge is -2.12. The Balaban J connectivity index is 2.66. The predicted octanol–water partition coefficient (Wildman–Crippen LogP) is 1.99. The minimum absolute atomic E-state index is 0.165. The molecule has 21 heavy (non-hydrogen) atoms. The highest BCUT2D eigenvalue weighted by molar-refractivity contribution is 14.1. The zero-order valence-corrected chi connectivity index (χ0v) is 14.4. The molecule has 9 heteroatoms. The fourth-order valence-electron chi connectivity index (χ4n) is 1.90. The molecule has 2 aromatic rings. The fourth-order valence-corrected chi connectivity index (χ4v) is 3.24. The van der Waals surface area contributed by atoms with Crippen molar-refractivity contribution in [1.82, 2.24) is 14.8 Å². The van der Waals surface area contributed by atoms with Crippen LogP contribution >= 0.6 is 22.6 Å². The van der Waals surface area contributed by atoms with E-state index in [0.29, 0.717) is 21.5 Å². The van der Waals surface area contributed by atoms with Gasteiger partial charge in [-0.1, -0.05) is 13.8 Å². The zero-order chi connectivity index (χ0) is 15.8. The molecule has 0 atom stereocenters. The van der Waals surface area contributed by atoms with E-state index < -0.39 is 10.0 Å². The average molecular weight is 424 g/mol. The quantitative estimate of drug-likeness (QED) is 0.761. The fraction of sp³-hybridized carbons (Fsp3) is 0.333. The highest BCUT2D eigenvalue weighted by Gasteiger charge is 2.23. The number of hydrogen-bond acceptors (Lipinski definition) is 4. The van der Waals surface area contributed by atoms with E-state index in [2.05, 4.69) is 10.2 Å². The van der Waals surface area contributed by atoms with Crippen LogP contribution in [0.3, 0.4) is 0 Å². The van der Waals surface area contributed by atoms with E-state index in [0.717, 1.165) is 0 Å². The van der Waals surface area contributed by atoms with Crippen LogP contribution in [0.1, 0.15) is 13.8 Å². The SMILES string of the molecule is CC(C)Cn1c(-c2ccc(F)cc2I)nnc1S(N)(=O)=O. The minimum atomic E-state index is -3.97. The number of benzene rings is 1. The van der Waals surface area contributed by atoms with E-state index >= 15 is 0 Å². The van der Waals surface area contributed by atoms with Gasteiger partial charge in [-0.3, -0.25) is 4.57 Å². The summed E-state index contributed by atoms with van der Waals surface area (Å²) < 4.78 is 38.5. The Morgan fingerprint density at radius 1 is 1.38 bits per heavy atom. The third kappa shape index (κ3) is 3.58. The third-order valence-electron chi connectivity index (χ3n) is 2.69. The van der Waals surface area contributed by atoms with Crippen molar-refractivity contribution < 1.29 is 12.8 Å². The molecule has 1 aromatic heterocycles. The molecule has 2 N–H and O–H groups in total. The summed E-state index contributed by atoms with van der Waals surface area (Å²) in [7, 11) is -3.97. The van der Waals surface area contributed by atoms with Gasteiger partial charge in [0.1, 0.15) is 5.82 Å². The lowest BCUT2D eigenvalue weighted by atomic mass is 10.2. The number of sulfonamides is 1. The molecule has 0 amide bonds. The Kier molecular flexibility index (Phi) is 4.63. The summed E-state index contributed by atoms with van der Waals surface area (Å²) in [5, 5.41) is 12.5. The molecule has 0 aliphatic rings. The van der Waals surface area contributed by atoms with Gasteiger partial charge in [-0.25, -0.2) is 17.9 Å². The van der Waals surface area contributed by atoms with E-state index in [9.17, 15) is 12.8 Å². The van der Waals surface area contributed by atoms with E-state index in [1.165, 1.54) is 16.7 Å². The molecule has 0 unspecified atom stereocenters. The number of primary sulfonamides is 1. The summed E-state index contributed by atoms with van der Waals surface area (Å²) in [6.45, 7) is 4.26. The zero-order valence-electron chi connectivity index (χ0n) is 11.4. The van der Waals surface area contributed by atoms with Crippen molar-refractivity contribution in [2.24, 2.45) is 11.1 Å². The van der Waals surface area contributed by atoms with Crippen LogP contribution in [0.5, 0.6) is 0 Å². The smallest absolute Gasteiger partial charge is 0.273 e. The van der Waals surface area contributed by atoms with Crippen LogP contribution in [0.4, 0.5) is 4.39 Å². The molecule has 114 valence electrons. The van der Waals surface area contributed by atoms with E-state index in [-0.39, 0.29) is 16.9 Å². The van der Waals surface area contributed by atoms with Crippen LogP contribution < -0.4 is 5.14 Å². The van der Waals surface area contributed by atoms with Gasteiger partial charge in [0.2, 0.25) is 0 Å². The highest BCUT2D eigenvalue weighted by Crippen LogP contribution is 2.26. The minimum Gasteiger partial charge on any atom is -0.296 e. The molecule has 0 aliphatic heterocycles. The van der Waals surface area contributed by atoms with Gasteiger partial charge in [-0.05, 0) is 46.7 Å². The molecule has 2 rings (SSSR count). The Morgan fingerprint density at radius 3 is 2.57 bits per heavy atom. The maximum Gasteiger partial charge on any atom is 0.273 e. The van der Waals surface area contributed by atoms with Crippen LogP contribution in [0.25, 0.3) is 11.4 Å². The maximum absolute atomic E-state index is 13.2. The van der Waals surface area contributed by atoms with Gasteiger partial charge in [0.15, 0.2) is 5.82 Å². The average Bonchev–Trinajstić information content (AvgIpc) is 2.71. The second-order valence-electron chi connectivity index (χ2n) is 4.98. The van der Waals surface area contributed by atoms with Crippen molar-refractivity contribution in [3.05, 3.63) is 27.6 Å². The Labute approximate surface area is 135 Å². The van der Waals surface area contributed by atoms with Crippen LogP contribution in [-0.4, -0.2) is 23.2 Å². The molecule has 0 saturated heterocycles. The van der Waals surface area contributed by atoms with Crippen LogP contribution in [0.15, 0.2) is 23.4 Å². The Bertz CT molecular complexity index is 774. The molecular weight excluding hydrogens is 410 g/mol. The van der Waals surface area contributed by atoms with Crippen molar-refractivity contribution in [3.63, 3.8) is 0 Å². The standard InChI is InChI=1S/C12H14FIN4O2S/c1-7(2)6-18-11(16-17-12(18)21(15,19)20)9-4-3-8(13)5-10(9)14/h3-5,7H,6H2,1-2H3,(H2,15,19,20). The second kappa shape index (κ2) is 5.97.